The maximum Gasteiger partial charge on any atom is 0.266 e. The van der Waals surface area contributed by atoms with Gasteiger partial charge in [0.2, 0.25) is 10.0 Å². The van der Waals surface area contributed by atoms with Crippen molar-refractivity contribution in [2.45, 2.75) is 12.1 Å². The fourth-order valence-electron chi connectivity index (χ4n) is 3.39. The monoisotopic (exact) mass is 479 g/mol. The van der Waals surface area contributed by atoms with Crippen LogP contribution >= 0.6 is 11.8 Å². The van der Waals surface area contributed by atoms with Crippen LogP contribution in [0.15, 0.2) is 82.7 Å². The van der Waals surface area contributed by atoms with Gasteiger partial charge in [-0.1, -0.05) is 42.1 Å². The highest BCUT2D eigenvalue weighted by Crippen LogP contribution is 2.24. The van der Waals surface area contributed by atoms with Crippen molar-refractivity contribution in [3.05, 3.63) is 94.3 Å². The van der Waals surface area contributed by atoms with E-state index >= 15 is 0 Å². The van der Waals surface area contributed by atoms with Crippen molar-refractivity contribution in [2.75, 3.05) is 16.7 Å². The third kappa shape index (κ3) is 5.15. The molecule has 9 heteroatoms. The Balaban J connectivity index is 1.66. The Hall–Kier alpha value is -3.43. The number of ketones is 1. The van der Waals surface area contributed by atoms with E-state index in [2.05, 4.69) is 9.71 Å². The summed E-state index contributed by atoms with van der Waals surface area (Å²) in [6.45, 7) is 1.92. The number of rotatable bonds is 7. The van der Waals surface area contributed by atoms with Crippen LogP contribution in [-0.4, -0.2) is 35.8 Å². The molecule has 33 heavy (non-hydrogen) atoms. The Morgan fingerprint density at radius 2 is 1.67 bits per heavy atom. The van der Waals surface area contributed by atoms with Crippen LogP contribution in [0.2, 0.25) is 0 Å². The van der Waals surface area contributed by atoms with Gasteiger partial charge in [-0.2, -0.15) is 0 Å². The number of nitrogens with one attached hydrogen (secondary N) is 1. The molecule has 0 aliphatic rings. The van der Waals surface area contributed by atoms with E-state index in [-0.39, 0.29) is 17.1 Å². The molecule has 0 amide bonds. The van der Waals surface area contributed by atoms with Gasteiger partial charge in [0, 0.05) is 11.3 Å². The highest BCUT2D eigenvalue weighted by Gasteiger charge is 2.16. The highest BCUT2D eigenvalue weighted by atomic mass is 32.2. The number of hydrogen-bond donors (Lipinski definition) is 1. The number of para-hydroxylation sites is 2. The minimum atomic E-state index is -3.39. The Kier molecular flexibility index (Phi) is 6.35. The normalized spacial score (nSPS) is 11.5. The van der Waals surface area contributed by atoms with Gasteiger partial charge in [0.05, 0.1) is 28.6 Å². The minimum absolute atomic E-state index is 0.0650. The summed E-state index contributed by atoms with van der Waals surface area (Å²) in [5.74, 6) is -0.0974. The Labute approximate surface area is 195 Å². The summed E-state index contributed by atoms with van der Waals surface area (Å²) in [4.78, 5) is 30.8. The summed E-state index contributed by atoms with van der Waals surface area (Å²) in [7, 11) is -3.39. The first-order chi connectivity index (χ1) is 15.7. The van der Waals surface area contributed by atoms with Crippen LogP contribution in [0.1, 0.15) is 15.9 Å². The number of sulfonamides is 1. The number of nitrogens with zero attached hydrogens (tertiary/aromatic N) is 2. The predicted molar refractivity (Wildman–Crippen MR) is 132 cm³/mol. The molecule has 4 rings (SSSR count). The lowest BCUT2D eigenvalue weighted by atomic mass is 10.1. The first-order valence-corrected chi connectivity index (χ1v) is 12.9. The molecule has 0 unspecified atom stereocenters. The van der Waals surface area contributed by atoms with Crippen LogP contribution in [0.5, 0.6) is 0 Å². The van der Waals surface area contributed by atoms with E-state index in [1.807, 2.05) is 37.3 Å². The number of carbonyl (C=O) groups is 1. The molecule has 0 saturated heterocycles. The number of anilines is 1. The fourth-order valence-corrected chi connectivity index (χ4v) is 4.85. The van der Waals surface area contributed by atoms with Crippen LogP contribution in [0.4, 0.5) is 5.69 Å². The quantitative estimate of drug-likeness (QED) is 0.244. The predicted octanol–water partition coefficient (Wildman–Crippen LogP) is 4.04. The minimum Gasteiger partial charge on any atom is -0.293 e. The summed E-state index contributed by atoms with van der Waals surface area (Å²) >= 11 is 1.19. The number of aromatic nitrogens is 2. The second-order valence-electron chi connectivity index (χ2n) is 7.50. The van der Waals surface area contributed by atoms with Gasteiger partial charge < -0.3 is 0 Å². The zero-order chi connectivity index (χ0) is 23.6. The van der Waals surface area contributed by atoms with Crippen LogP contribution in [0.25, 0.3) is 16.6 Å². The van der Waals surface area contributed by atoms with Gasteiger partial charge >= 0.3 is 0 Å². The molecule has 0 bridgehead atoms. The maximum absolute atomic E-state index is 13.3. The lowest BCUT2D eigenvalue weighted by Gasteiger charge is -2.15. The van der Waals surface area contributed by atoms with E-state index in [9.17, 15) is 18.0 Å². The van der Waals surface area contributed by atoms with Crippen molar-refractivity contribution in [1.82, 2.24) is 9.55 Å². The Bertz CT molecular complexity index is 1510. The molecule has 1 N–H and O–H groups in total. The third-order valence-electron chi connectivity index (χ3n) is 4.94. The molecule has 4 aromatic rings. The third-order valence-corrected chi connectivity index (χ3v) is 6.49. The SMILES string of the molecule is Cc1ccccc1-n1c(SCC(=O)c2ccc(NS(C)(=O)=O)cc2)nc2ccccc2c1=O. The molecule has 7 nitrogen and oxygen atoms in total. The van der Waals surface area contributed by atoms with E-state index in [1.165, 1.54) is 23.9 Å². The molecular formula is C24H21N3O4S2. The molecule has 168 valence electrons. The summed E-state index contributed by atoms with van der Waals surface area (Å²) in [6.07, 6.45) is 1.06. The molecule has 1 aromatic heterocycles. The van der Waals surface area contributed by atoms with Crippen molar-refractivity contribution in [2.24, 2.45) is 0 Å². The van der Waals surface area contributed by atoms with E-state index in [0.717, 1.165) is 11.8 Å². The molecular weight excluding hydrogens is 458 g/mol. The number of thioether (sulfide) groups is 1. The zero-order valence-corrected chi connectivity index (χ0v) is 19.6. The first kappa shape index (κ1) is 22.8. The smallest absolute Gasteiger partial charge is 0.266 e. The number of fused-ring (bicyclic) bond motifs is 1. The largest absolute Gasteiger partial charge is 0.293 e. The van der Waals surface area contributed by atoms with Gasteiger partial charge in [-0.05, 0) is 55.0 Å². The van der Waals surface area contributed by atoms with Crippen molar-refractivity contribution in [3.63, 3.8) is 0 Å². The molecule has 0 spiro atoms. The van der Waals surface area contributed by atoms with E-state index in [4.69, 9.17) is 0 Å². The number of aryl methyl sites for hydroxylation is 1. The van der Waals surface area contributed by atoms with Crippen molar-refractivity contribution < 1.29 is 13.2 Å². The van der Waals surface area contributed by atoms with Gasteiger partial charge in [0.15, 0.2) is 10.9 Å². The summed E-state index contributed by atoms with van der Waals surface area (Å²) < 4.78 is 26.6. The number of hydrogen-bond acceptors (Lipinski definition) is 6. The summed E-state index contributed by atoms with van der Waals surface area (Å²) in [6, 6.07) is 20.9. The lowest BCUT2D eigenvalue weighted by molar-refractivity contribution is 0.102. The van der Waals surface area contributed by atoms with Crippen molar-refractivity contribution in [1.29, 1.82) is 0 Å². The standard InChI is InChI=1S/C24H21N3O4S2/c1-16-7-3-6-10-21(16)27-23(29)19-8-4-5-9-20(19)25-24(27)32-15-22(28)17-11-13-18(14-12-17)26-33(2,30)31/h3-14,26H,15H2,1-2H3. The average Bonchev–Trinajstić information content (AvgIpc) is 2.78. The second kappa shape index (κ2) is 9.21. The molecule has 1 heterocycles. The van der Waals surface area contributed by atoms with E-state index in [0.29, 0.717) is 33.0 Å². The second-order valence-corrected chi connectivity index (χ2v) is 10.2. The van der Waals surface area contributed by atoms with Gasteiger partial charge in [0.25, 0.3) is 5.56 Å². The van der Waals surface area contributed by atoms with Gasteiger partial charge in [-0.25, -0.2) is 13.4 Å². The highest BCUT2D eigenvalue weighted by molar-refractivity contribution is 7.99. The van der Waals surface area contributed by atoms with Gasteiger partial charge in [-0.15, -0.1) is 0 Å². The van der Waals surface area contributed by atoms with Gasteiger partial charge in [-0.3, -0.25) is 18.9 Å². The van der Waals surface area contributed by atoms with Crippen LogP contribution < -0.4 is 10.3 Å². The summed E-state index contributed by atoms with van der Waals surface area (Å²) in [5.41, 5.74) is 2.82. The molecule has 0 aliphatic carbocycles. The van der Waals surface area contributed by atoms with E-state index in [1.54, 1.807) is 34.9 Å². The molecule has 0 atom stereocenters. The Morgan fingerprint density at radius 1 is 1.00 bits per heavy atom. The lowest BCUT2D eigenvalue weighted by Crippen LogP contribution is -2.23. The van der Waals surface area contributed by atoms with Crippen LogP contribution in [0, 0.1) is 6.92 Å². The average molecular weight is 480 g/mol. The fraction of sp³-hybridized carbons (Fsp3) is 0.125. The summed E-state index contributed by atoms with van der Waals surface area (Å²) in [5, 5.41) is 0.933. The number of carbonyl (C=O) groups excluding carboxylic acids is 1. The van der Waals surface area contributed by atoms with Crippen molar-refractivity contribution in [3.8, 4) is 5.69 Å². The van der Waals surface area contributed by atoms with Crippen molar-refractivity contribution >= 4 is 44.2 Å². The van der Waals surface area contributed by atoms with Gasteiger partial charge in [0.1, 0.15) is 0 Å². The van der Waals surface area contributed by atoms with E-state index < -0.39 is 10.0 Å². The number of Topliss-reactive ketones (excluding diaryl/α,β-unsaturated/α-hetero) is 1. The molecule has 3 aromatic carbocycles. The zero-order valence-electron chi connectivity index (χ0n) is 18.0. The molecule has 0 radical (unpaired) electrons. The topological polar surface area (TPSA) is 98.1 Å². The first-order valence-electron chi connectivity index (χ1n) is 10.0. The number of benzene rings is 3. The Morgan fingerprint density at radius 3 is 2.36 bits per heavy atom. The molecule has 0 saturated carbocycles. The molecule has 0 aliphatic heterocycles. The van der Waals surface area contributed by atoms with Crippen LogP contribution in [0.3, 0.4) is 0 Å². The molecule has 0 fully saturated rings. The van der Waals surface area contributed by atoms with Crippen LogP contribution in [-0.2, 0) is 10.0 Å². The maximum atomic E-state index is 13.3.